The first-order valence-electron chi connectivity index (χ1n) is 8.94. The predicted molar refractivity (Wildman–Crippen MR) is 113 cm³/mol. The maximum Gasteiger partial charge on any atom is 0.244 e. The Hall–Kier alpha value is -2.53. The van der Waals surface area contributed by atoms with Crippen molar-refractivity contribution in [3.63, 3.8) is 0 Å². The third-order valence-electron chi connectivity index (χ3n) is 4.23. The third-order valence-corrected chi connectivity index (χ3v) is 4.73. The quantitative estimate of drug-likeness (QED) is 0.505. The fourth-order valence-corrected chi connectivity index (χ4v) is 3.42. The molecule has 5 heteroatoms. The lowest BCUT2D eigenvalue weighted by Crippen LogP contribution is -2.20. The summed E-state index contributed by atoms with van der Waals surface area (Å²) in [6.45, 7) is 6.87. The molecule has 140 valence electrons. The minimum Gasteiger partial charge on any atom is -0.493 e. The lowest BCUT2D eigenvalue weighted by Gasteiger charge is -2.11. The van der Waals surface area contributed by atoms with Crippen LogP contribution in [0.15, 0.2) is 57.6 Å². The van der Waals surface area contributed by atoms with Crippen molar-refractivity contribution >= 4 is 38.4 Å². The predicted octanol–water partition coefficient (Wildman–Crippen LogP) is 5.80. The molecule has 0 unspecified atom stereocenters. The lowest BCUT2D eigenvalue weighted by molar-refractivity contribution is -0.116. The Morgan fingerprint density at radius 2 is 2.07 bits per heavy atom. The second-order valence-electron chi connectivity index (χ2n) is 6.16. The van der Waals surface area contributed by atoms with E-state index in [-0.39, 0.29) is 5.91 Å². The Kier molecular flexibility index (Phi) is 6.01. The van der Waals surface area contributed by atoms with Crippen molar-refractivity contribution in [2.45, 2.75) is 20.8 Å². The Morgan fingerprint density at radius 3 is 2.78 bits per heavy atom. The van der Waals surface area contributed by atoms with E-state index in [0.29, 0.717) is 18.9 Å². The second kappa shape index (κ2) is 8.44. The van der Waals surface area contributed by atoms with E-state index in [0.717, 1.165) is 37.7 Å². The molecule has 0 fully saturated rings. The number of furan rings is 1. The highest BCUT2D eigenvalue weighted by molar-refractivity contribution is 9.10. The second-order valence-corrected chi connectivity index (χ2v) is 7.07. The van der Waals surface area contributed by atoms with E-state index in [9.17, 15) is 4.79 Å². The molecule has 0 saturated heterocycles. The Bertz CT molecular complexity index is 1000. The van der Waals surface area contributed by atoms with Crippen LogP contribution in [-0.4, -0.2) is 19.1 Å². The summed E-state index contributed by atoms with van der Waals surface area (Å²) in [5, 5.41) is 3.78. The molecule has 0 aliphatic rings. The number of nitrogens with one attached hydrogen (secondary N) is 1. The fourth-order valence-electron chi connectivity index (χ4n) is 3.02. The number of ether oxygens (including phenoxy) is 1. The average Bonchev–Trinajstić information content (AvgIpc) is 3.04. The number of allylic oxidation sites excluding steroid dienone is 1. The van der Waals surface area contributed by atoms with Gasteiger partial charge in [0.05, 0.1) is 12.9 Å². The van der Waals surface area contributed by atoms with Crippen LogP contribution in [0.2, 0.25) is 0 Å². The summed E-state index contributed by atoms with van der Waals surface area (Å²) in [6, 6.07) is 12.0. The molecule has 0 aliphatic heterocycles. The first-order chi connectivity index (χ1) is 13.0. The smallest absolute Gasteiger partial charge is 0.244 e. The lowest BCUT2D eigenvalue weighted by atomic mass is 9.99. The summed E-state index contributed by atoms with van der Waals surface area (Å²) in [4.78, 5) is 12.0. The van der Waals surface area contributed by atoms with Gasteiger partial charge in [-0.15, -0.1) is 0 Å². The van der Waals surface area contributed by atoms with Gasteiger partial charge in [-0.2, -0.15) is 0 Å². The molecule has 1 heterocycles. The average molecular weight is 428 g/mol. The summed E-state index contributed by atoms with van der Waals surface area (Å²) >= 11 is 3.52. The van der Waals surface area contributed by atoms with Crippen molar-refractivity contribution in [2.75, 3.05) is 13.2 Å². The third kappa shape index (κ3) is 4.25. The number of carbonyl (C=O) groups is 1. The Balaban J connectivity index is 2.15. The van der Waals surface area contributed by atoms with Crippen LogP contribution in [0.4, 0.5) is 0 Å². The van der Waals surface area contributed by atoms with Gasteiger partial charge < -0.3 is 14.5 Å². The zero-order valence-electron chi connectivity index (χ0n) is 15.6. The number of benzene rings is 2. The van der Waals surface area contributed by atoms with Crippen LogP contribution in [0.5, 0.6) is 5.75 Å². The van der Waals surface area contributed by atoms with E-state index >= 15 is 0 Å². The van der Waals surface area contributed by atoms with E-state index in [2.05, 4.69) is 27.3 Å². The van der Waals surface area contributed by atoms with Crippen molar-refractivity contribution in [1.29, 1.82) is 0 Å². The fraction of sp³-hybridized carbons (Fsp3) is 0.227. The van der Waals surface area contributed by atoms with Crippen LogP contribution in [0, 0.1) is 0 Å². The SMILES string of the molecule is CCNC(=O)/C=C(\C)c1cc2c(-c3cccc(Br)c3)coc2cc1OCC. The zero-order chi connectivity index (χ0) is 19.4. The minimum atomic E-state index is -0.114. The van der Waals surface area contributed by atoms with Crippen LogP contribution in [-0.2, 0) is 4.79 Å². The maximum atomic E-state index is 12.0. The van der Waals surface area contributed by atoms with Gasteiger partial charge in [0.1, 0.15) is 11.3 Å². The van der Waals surface area contributed by atoms with Crippen LogP contribution in [0.1, 0.15) is 26.3 Å². The molecule has 3 aromatic rings. The summed E-state index contributed by atoms with van der Waals surface area (Å²) in [5.74, 6) is 0.593. The molecule has 27 heavy (non-hydrogen) atoms. The van der Waals surface area contributed by atoms with Crippen molar-refractivity contribution in [2.24, 2.45) is 0 Å². The molecule has 1 amide bonds. The Labute approximate surface area is 167 Å². The van der Waals surface area contributed by atoms with Gasteiger partial charge in [0.2, 0.25) is 5.91 Å². The molecule has 0 radical (unpaired) electrons. The highest BCUT2D eigenvalue weighted by atomic mass is 79.9. The highest BCUT2D eigenvalue weighted by Gasteiger charge is 2.15. The van der Waals surface area contributed by atoms with Gasteiger partial charge in [-0.1, -0.05) is 28.1 Å². The van der Waals surface area contributed by atoms with E-state index < -0.39 is 0 Å². The normalized spacial score (nSPS) is 11.6. The number of hydrogen-bond acceptors (Lipinski definition) is 3. The molecule has 1 aromatic heterocycles. The zero-order valence-corrected chi connectivity index (χ0v) is 17.2. The summed E-state index contributed by atoms with van der Waals surface area (Å²) in [5.41, 5.74) is 4.54. The topological polar surface area (TPSA) is 51.5 Å². The molecule has 3 rings (SSSR count). The largest absolute Gasteiger partial charge is 0.493 e. The number of hydrogen-bond donors (Lipinski definition) is 1. The van der Waals surface area contributed by atoms with Crippen LogP contribution in [0.25, 0.3) is 27.7 Å². The van der Waals surface area contributed by atoms with Gasteiger partial charge in [0.25, 0.3) is 0 Å². The van der Waals surface area contributed by atoms with Gasteiger partial charge >= 0.3 is 0 Å². The van der Waals surface area contributed by atoms with Gasteiger partial charge in [-0.25, -0.2) is 0 Å². The summed E-state index contributed by atoms with van der Waals surface area (Å²) in [7, 11) is 0. The number of carbonyl (C=O) groups excluding carboxylic acids is 1. The summed E-state index contributed by atoms with van der Waals surface area (Å²) < 4.78 is 12.6. The molecular weight excluding hydrogens is 406 g/mol. The molecule has 0 saturated carbocycles. The van der Waals surface area contributed by atoms with E-state index in [1.165, 1.54) is 0 Å². The summed E-state index contributed by atoms with van der Waals surface area (Å²) in [6.07, 6.45) is 3.36. The first kappa shape index (κ1) is 19.2. The van der Waals surface area contributed by atoms with Crippen molar-refractivity contribution < 1.29 is 13.9 Å². The number of fused-ring (bicyclic) bond motifs is 1. The van der Waals surface area contributed by atoms with Crippen molar-refractivity contribution in [3.05, 3.63) is 58.8 Å². The van der Waals surface area contributed by atoms with Gasteiger partial charge in [0.15, 0.2) is 0 Å². The minimum absolute atomic E-state index is 0.114. The van der Waals surface area contributed by atoms with Crippen molar-refractivity contribution in [1.82, 2.24) is 5.32 Å². The maximum absolute atomic E-state index is 12.0. The van der Waals surface area contributed by atoms with Crippen LogP contribution in [0.3, 0.4) is 0 Å². The van der Waals surface area contributed by atoms with Crippen LogP contribution >= 0.6 is 15.9 Å². The monoisotopic (exact) mass is 427 g/mol. The van der Waals surface area contributed by atoms with Gasteiger partial charge in [-0.05, 0) is 50.1 Å². The molecule has 4 nitrogen and oxygen atoms in total. The number of halogens is 1. The molecular formula is C22H22BrNO3. The Morgan fingerprint density at radius 1 is 1.26 bits per heavy atom. The van der Waals surface area contributed by atoms with Crippen LogP contribution < -0.4 is 10.1 Å². The standard InChI is InChI=1S/C22H22BrNO3/c1-4-24-22(25)9-14(3)17-11-18-19(15-7-6-8-16(23)10-15)13-27-21(18)12-20(17)26-5-2/h6-13H,4-5H2,1-3H3,(H,24,25)/b14-9+. The number of likely N-dealkylation sites (N-methyl/N-ethyl adjacent to an activating group) is 1. The highest BCUT2D eigenvalue weighted by Crippen LogP contribution is 2.38. The van der Waals surface area contributed by atoms with Gasteiger partial charge in [0, 0.05) is 39.7 Å². The molecule has 2 aromatic carbocycles. The molecule has 0 aliphatic carbocycles. The van der Waals surface area contributed by atoms with E-state index in [4.69, 9.17) is 9.15 Å². The first-order valence-corrected chi connectivity index (χ1v) is 9.73. The number of amides is 1. The van der Waals surface area contributed by atoms with Crippen molar-refractivity contribution in [3.8, 4) is 16.9 Å². The van der Waals surface area contributed by atoms with Gasteiger partial charge in [-0.3, -0.25) is 4.79 Å². The number of rotatable bonds is 6. The molecule has 1 N–H and O–H groups in total. The molecule has 0 spiro atoms. The van der Waals surface area contributed by atoms with E-state index in [1.54, 1.807) is 12.3 Å². The molecule has 0 bridgehead atoms. The van der Waals surface area contributed by atoms with E-state index in [1.807, 2.05) is 51.1 Å². The molecule has 0 atom stereocenters.